The molecule has 0 aromatic heterocycles. The van der Waals surface area contributed by atoms with Crippen molar-refractivity contribution in [2.24, 2.45) is 0 Å². The lowest BCUT2D eigenvalue weighted by molar-refractivity contribution is -0.165. The molecule has 0 radical (unpaired) electrons. The summed E-state index contributed by atoms with van der Waals surface area (Å²) >= 11 is 0. The maximum atomic E-state index is 7.15. The van der Waals surface area contributed by atoms with Gasteiger partial charge in [0, 0.05) is 51.5 Å². The van der Waals surface area contributed by atoms with Crippen LogP contribution in [0.1, 0.15) is 28.7 Å². The number of aryl methyl sites for hydroxylation is 1. The van der Waals surface area contributed by atoms with Crippen LogP contribution in [0.5, 0.6) is 11.5 Å². The van der Waals surface area contributed by atoms with Gasteiger partial charge in [-0.2, -0.15) is 0 Å². The molecule has 4 aromatic rings. The van der Waals surface area contributed by atoms with Gasteiger partial charge in [-0.25, -0.2) is 0 Å². The van der Waals surface area contributed by atoms with E-state index in [1.54, 1.807) is 7.11 Å². The molecule has 0 amide bonds. The van der Waals surface area contributed by atoms with Crippen LogP contribution in [0.4, 0.5) is 11.4 Å². The minimum absolute atomic E-state index is 0.442. The quantitative estimate of drug-likeness (QED) is 0.272. The zero-order chi connectivity index (χ0) is 26.7. The van der Waals surface area contributed by atoms with Crippen LogP contribution in [-0.4, -0.2) is 41.6 Å². The van der Waals surface area contributed by atoms with Crippen molar-refractivity contribution >= 4 is 11.4 Å². The van der Waals surface area contributed by atoms with E-state index in [0.717, 1.165) is 52.4 Å². The number of fused-ring (bicyclic) bond motifs is 1. The first-order chi connectivity index (χ1) is 18.4. The second-order valence-electron chi connectivity index (χ2n) is 10.1. The third-order valence-corrected chi connectivity index (χ3v) is 7.18. The number of benzene rings is 4. The summed E-state index contributed by atoms with van der Waals surface area (Å²) in [6, 6.07) is 33.7. The fraction of sp³-hybridized carbons (Fsp3) is 0.273. The van der Waals surface area contributed by atoms with Crippen LogP contribution >= 0.6 is 0 Å². The fourth-order valence-corrected chi connectivity index (χ4v) is 5.11. The average molecular weight is 509 g/mol. The average Bonchev–Trinajstić information content (AvgIpc) is 2.96. The zero-order valence-corrected chi connectivity index (χ0v) is 22.8. The summed E-state index contributed by atoms with van der Waals surface area (Å²) in [7, 11) is 9.92. The highest BCUT2D eigenvalue weighted by Crippen LogP contribution is 2.50. The van der Waals surface area contributed by atoms with Crippen molar-refractivity contribution in [3.63, 3.8) is 0 Å². The molecule has 0 aliphatic carbocycles. The van der Waals surface area contributed by atoms with Gasteiger partial charge in [0.25, 0.3) is 0 Å². The van der Waals surface area contributed by atoms with E-state index in [4.69, 9.17) is 14.2 Å². The van der Waals surface area contributed by atoms with Crippen molar-refractivity contribution in [2.75, 3.05) is 45.1 Å². The van der Waals surface area contributed by atoms with Crippen LogP contribution in [-0.2, 0) is 16.8 Å². The summed E-state index contributed by atoms with van der Waals surface area (Å²) in [6.07, 6.45) is 1.13. The van der Waals surface area contributed by atoms with Gasteiger partial charge >= 0.3 is 0 Å². The summed E-state index contributed by atoms with van der Waals surface area (Å²) in [6.45, 7) is 0. The smallest absolute Gasteiger partial charge is 0.201 e. The molecule has 0 saturated carbocycles. The Morgan fingerprint density at radius 3 is 1.95 bits per heavy atom. The van der Waals surface area contributed by atoms with E-state index in [9.17, 15) is 0 Å². The van der Waals surface area contributed by atoms with Crippen molar-refractivity contribution in [1.82, 2.24) is 0 Å². The van der Waals surface area contributed by atoms with E-state index in [1.807, 2.05) is 24.3 Å². The summed E-state index contributed by atoms with van der Waals surface area (Å²) in [5, 5.41) is 0. The van der Waals surface area contributed by atoms with Crippen LogP contribution in [0.2, 0.25) is 0 Å². The van der Waals surface area contributed by atoms with Gasteiger partial charge in [0.15, 0.2) is 5.60 Å². The molecular weight excluding hydrogens is 472 g/mol. The lowest BCUT2D eigenvalue weighted by atomic mass is 9.78. The number of rotatable bonds is 8. The molecule has 5 nitrogen and oxygen atoms in total. The molecule has 1 atom stereocenters. The van der Waals surface area contributed by atoms with Gasteiger partial charge < -0.3 is 24.0 Å². The Morgan fingerprint density at radius 1 is 0.737 bits per heavy atom. The Morgan fingerprint density at radius 2 is 1.37 bits per heavy atom. The third kappa shape index (κ3) is 4.94. The van der Waals surface area contributed by atoms with Crippen LogP contribution in [0.3, 0.4) is 0 Å². The predicted molar refractivity (Wildman–Crippen MR) is 155 cm³/mol. The van der Waals surface area contributed by atoms with Crippen LogP contribution in [0, 0.1) is 0 Å². The highest BCUT2D eigenvalue weighted by Gasteiger charge is 2.46. The fourth-order valence-electron chi connectivity index (χ4n) is 5.11. The second kappa shape index (κ2) is 10.8. The summed E-state index contributed by atoms with van der Waals surface area (Å²) in [4.78, 5) is 4.23. The highest BCUT2D eigenvalue weighted by molar-refractivity contribution is 5.61. The molecule has 1 heterocycles. The number of hydrogen-bond acceptors (Lipinski definition) is 5. The number of methoxy groups -OCH3 is 1. The molecule has 1 aliphatic rings. The number of anilines is 2. The van der Waals surface area contributed by atoms with Crippen molar-refractivity contribution in [3.05, 3.63) is 119 Å². The largest absolute Gasteiger partial charge is 0.497 e. The van der Waals surface area contributed by atoms with Gasteiger partial charge in [-0.1, -0.05) is 54.6 Å². The Labute approximate surface area is 226 Å². The molecule has 0 fully saturated rings. The molecule has 4 aromatic carbocycles. The zero-order valence-electron chi connectivity index (χ0n) is 22.8. The van der Waals surface area contributed by atoms with Gasteiger partial charge in [-0.05, 0) is 65.6 Å². The van der Waals surface area contributed by atoms with Gasteiger partial charge in [0.1, 0.15) is 11.5 Å². The maximum absolute atomic E-state index is 7.15. The molecule has 196 valence electrons. The molecule has 5 rings (SSSR count). The molecule has 38 heavy (non-hydrogen) atoms. The first-order valence-electron chi connectivity index (χ1n) is 13.0. The van der Waals surface area contributed by atoms with E-state index in [0.29, 0.717) is 0 Å². The maximum Gasteiger partial charge on any atom is 0.201 e. The van der Waals surface area contributed by atoms with E-state index in [2.05, 4.69) is 111 Å². The topological polar surface area (TPSA) is 34.2 Å². The van der Waals surface area contributed by atoms with Crippen molar-refractivity contribution < 1.29 is 14.2 Å². The van der Waals surface area contributed by atoms with Gasteiger partial charge in [0.2, 0.25) is 6.29 Å². The number of nitrogens with zero attached hydrogens (tertiary/aromatic N) is 2. The molecule has 0 saturated heterocycles. The first kappa shape index (κ1) is 25.7. The highest BCUT2D eigenvalue weighted by atomic mass is 16.7. The molecule has 0 N–H and O–H groups in total. The van der Waals surface area contributed by atoms with Crippen LogP contribution in [0.15, 0.2) is 97.1 Å². The van der Waals surface area contributed by atoms with Crippen molar-refractivity contribution in [2.45, 2.75) is 24.7 Å². The Bertz CT molecular complexity index is 1330. The first-order valence-corrected chi connectivity index (χ1v) is 13.0. The van der Waals surface area contributed by atoms with Crippen molar-refractivity contribution in [3.8, 4) is 11.5 Å². The third-order valence-electron chi connectivity index (χ3n) is 7.18. The molecule has 1 unspecified atom stereocenters. The van der Waals surface area contributed by atoms with E-state index in [1.165, 1.54) is 5.56 Å². The van der Waals surface area contributed by atoms with Gasteiger partial charge in [0.05, 0.1) is 7.11 Å². The summed E-state index contributed by atoms with van der Waals surface area (Å²) < 4.78 is 19.3. The van der Waals surface area contributed by atoms with Crippen molar-refractivity contribution in [1.29, 1.82) is 0 Å². The van der Waals surface area contributed by atoms with E-state index in [-0.39, 0.29) is 0 Å². The standard InChI is InChI=1S/C33H36N2O3/c1-34(2)27-15-9-13-25(21-27)33(26-14-10-16-28(22-26)35(3)4)30-23-29(36-5)18-19-31(30)37-32(38-33)20-17-24-11-7-6-8-12-24/h6-16,18-19,21-23,32H,17,20H2,1-5H3. The monoisotopic (exact) mass is 508 g/mol. The molecule has 0 bridgehead atoms. The number of hydrogen-bond donors (Lipinski definition) is 0. The summed E-state index contributed by atoms with van der Waals surface area (Å²) in [5.41, 5.74) is 5.58. The minimum Gasteiger partial charge on any atom is -0.497 e. The lowest BCUT2D eigenvalue weighted by Crippen LogP contribution is -2.43. The Hall–Kier alpha value is -3.96. The molecular formula is C33H36N2O3. The Balaban J connectivity index is 1.72. The van der Waals surface area contributed by atoms with E-state index >= 15 is 0 Å². The second-order valence-corrected chi connectivity index (χ2v) is 10.1. The van der Waals surface area contributed by atoms with Crippen LogP contribution in [0.25, 0.3) is 0 Å². The normalized spacial score (nSPS) is 15.8. The van der Waals surface area contributed by atoms with Gasteiger partial charge in [-0.3, -0.25) is 0 Å². The summed E-state index contributed by atoms with van der Waals surface area (Å²) in [5.74, 6) is 1.57. The van der Waals surface area contributed by atoms with E-state index < -0.39 is 11.9 Å². The molecule has 1 aliphatic heterocycles. The predicted octanol–water partition coefficient (Wildman–Crippen LogP) is 6.49. The number of ether oxygens (including phenoxy) is 3. The Kier molecular flexibility index (Phi) is 7.30. The SMILES string of the molecule is COc1ccc2c(c1)C(c1cccc(N(C)C)c1)(c1cccc(N(C)C)c1)OC(CCc1ccccc1)O2. The van der Waals surface area contributed by atoms with Crippen LogP contribution < -0.4 is 19.3 Å². The van der Waals surface area contributed by atoms with Gasteiger partial charge in [-0.15, -0.1) is 0 Å². The molecule has 0 spiro atoms. The minimum atomic E-state index is -0.901. The lowest BCUT2D eigenvalue weighted by Gasteiger charge is -2.44. The molecule has 5 heteroatoms.